The average molecular weight is 329 g/mol. The third-order valence-electron chi connectivity index (χ3n) is 3.85. The van der Waals surface area contributed by atoms with E-state index >= 15 is 0 Å². The number of aliphatic imine (C=N–C) groups is 1. The maximum atomic E-state index is 6.02. The van der Waals surface area contributed by atoms with Gasteiger partial charge in [0.2, 0.25) is 0 Å². The Morgan fingerprint density at radius 3 is 2.65 bits per heavy atom. The Morgan fingerprint density at radius 2 is 1.91 bits per heavy atom. The predicted molar refractivity (Wildman–Crippen MR) is 94.9 cm³/mol. The van der Waals surface area contributed by atoms with E-state index in [9.17, 15) is 0 Å². The number of hydrogen-bond acceptors (Lipinski definition) is 4. The third kappa shape index (κ3) is 2.78. The summed E-state index contributed by atoms with van der Waals surface area (Å²) in [5, 5.41) is 4.36. The summed E-state index contributed by atoms with van der Waals surface area (Å²) in [6.07, 6.45) is 0. The minimum atomic E-state index is 0. The van der Waals surface area contributed by atoms with Crippen molar-refractivity contribution in [2.45, 2.75) is 0 Å². The molecule has 1 aliphatic rings. The van der Waals surface area contributed by atoms with E-state index in [0.29, 0.717) is 0 Å². The molecule has 1 N–H and O–H groups in total. The van der Waals surface area contributed by atoms with Crippen molar-refractivity contribution in [2.24, 2.45) is 4.99 Å². The zero-order valence-electron chi connectivity index (χ0n) is 12.7. The van der Waals surface area contributed by atoms with Crippen molar-refractivity contribution in [1.82, 2.24) is 5.32 Å². The monoisotopic (exact) mass is 328 g/mol. The lowest BCUT2D eigenvalue weighted by Gasteiger charge is -2.07. The van der Waals surface area contributed by atoms with Gasteiger partial charge in [-0.25, -0.2) is 0 Å². The van der Waals surface area contributed by atoms with Crippen LogP contribution in [0.15, 0.2) is 57.9 Å². The molecule has 118 valence electrons. The van der Waals surface area contributed by atoms with Gasteiger partial charge in [0.1, 0.15) is 22.9 Å². The molecule has 0 saturated carbocycles. The van der Waals surface area contributed by atoms with Crippen LogP contribution in [0.1, 0.15) is 5.56 Å². The Bertz CT molecular complexity index is 870. The number of nitrogens with zero attached hydrogens (tertiary/aromatic N) is 1. The van der Waals surface area contributed by atoms with Crippen LogP contribution < -0.4 is 10.1 Å². The van der Waals surface area contributed by atoms with E-state index < -0.39 is 0 Å². The molecule has 0 spiro atoms. The van der Waals surface area contributed by atoms with E-state index in [1.165, 1.54) is 0 Å². The first-order chi connectivity index (χ1) is 10.8. The molecular formula is C18H17ClN2O2. The van der Waals surface area contributed by atoms with E-state index in [4.69, 9.17) is 9.15 Å². The summed E-state index contributed by atoms with van der Waals surface area (Å²) >= 11 is 0. The minimum absolute atomic E-state index is 0. The summed E-state index contributed by atoms with van der Waals surface area (Å²) in [7, 11) is 1.67. The SMILES string of the molecule is COc1ccc2oc(-c3ccccc3C3=NCCN3)cc2c1.Cl. The van der Waals surface area contributed by atoms with Gasteiger partial charge < -0.3 is 14.5 Å². The topological polar surface area (TPSA) is 46.8 Å². The van der Waals surface area contributed by atoms with Gasteiger partial charge in [-0.15, -0.1) is 12.4 Å². The quantitative estimate of drug-likeness (QED) is 0.793. The number of furan rings is 1. The van der Waals surface area contributed by atoms with Gasteiger partial charge in [-0.1, -0.05) is 24.3 Å². The van der Waals surface area contributed by atoms with Crippen LogP contribution in [0, 0.1) is 0 Å². The summed E-state index contributed by atoms with van der Waals surface area (Å²) < 4.78 is 11.3. The van der Waals surface area contributed by atoms with E-state index in [-0.39, 0.29) is 12.4 Å². The number of benzene rings is 2. The van der Waals surface area contributed by atoms with E-state index in [0.717, 1.165) is 52.5 Å². The number of halogens is 1. The summed E-state index contributed by atoms with van der Waals surface area (Å²) in [5.41, 5.74) is 2.98. The van der Waals surface area contributed by atoms with E-state index in [1.54, 1.807) is 7.11 Å². The van der Waals surface area contributed by atoms with Gasteiger partial charge in [0.15, 0.2) is 0 Å². The molecule has 3 aromatic rings. The van der Waals surface area contributed by atoms with Crippen molar-refractivity contribution in [2.75, 3.05) is 20.2 Å². The molecule has 1 aromatic heterocycles. The van der Waals surface area contributed by atoms with Crippen molar-refractivity contribution in [3.05, 3.63) is 54.1 Å². The molecule has 2 aromatic carbocycles. The summed E-state index contributed by atoms with van der Waals surface area (Å²) in [5.74, 6) is 2.61. The number of nitrogens with one attached hydrogen (secondary N) is 1. The maximum Gasteiger partial charge on any atom is 0.136 e. The first kappa shape index (κ1) is 15.4. The molecule has 0 atom stereocenters. The van der Waals surface area contributed by atoms with Crippen LogP contribution in [0.4, 0.5) is 0 Å². The molecule has 0 bridgehead atoms. The van der Waals surface area contributed by atoms with Crippen LogP contribution in [0.25, 0.3) is 22.3 Å². The average Bonchev–Trinajstić information content (AvgIpc) is 3.23. The molecule has 0 radical (unpaired) electrons. The van der Waals surface area contributed by atoms with Crippen LogP contribution in [-0.4, -0.2) is 26.0 Å². The van der Waals surface area contributed by atoms with Gasteiger partial charge in [-0.05, 0) is 24.3 Å². The molecule has 4 rings (SSSR count). The van der Waals surface area contributed by atoms with Crippen LogP contribution in [0.5, 0.6) is 5.75 Å². The van der Waals surface area contributed by atoms with Gasteiger partial charge in [-0.2, -0.15) is 0 Å². The third-order valence-corrected chi connectivity index (χ3v) is 3.85. The van der Waals surface area contributed by atoms with Crippen molar-refractivity contribution in [3.63, 3.8) is 0 Å². The maximum absolute atomic E-state index is 6.02. The highest BCUT2D eigenvalue weighted by Crippen LogP contribution is 2.32. The highest BCUT2D eigenvalue weighted by Gasteiger charge is 2.16. The number of fused-ring (bicyclic) bond motifs is 1. The summed E-state index contributed by atoms with van der Waals surface area (Å²) in [4.78, 5) is 4.52. The fraction of sp³-hybridized carbons (Fsp3) is 0.167. The molecule has 2 heterocycles. The Hall–Kier alpha value is -2.46. The molecular weight excluding hydrogens is 312 g/mol. The van der Waals surface area contributed by atoms with Crippen molar-refractivity contribution < 1.29 is 9.15 Å². The molecule has 23 heavy (non-hydrogen) atoms. The highest BCUT2D eigenvalue weighted by atomic mass is 35.5. The first-order valence-electron chi connectivity index (χ1n) is 7.31. The van der Waals surface area contributed by atoms with Crippen LogP contribution in [-0.2, 0) is 0 Å². The van der Waals surface area contributed by atoms with Crippen LogP contribution >= 0.6 is 12.4 Å². The second-order valence-corrected chi connectivity index (χ2v) is 5.22. The number of ether oxygens (including phenoxy) is 1. The van der Waals surface area contributed by atoms with Crippen molar-refractivity contribution >= 4 is 29.2 Å². The Balaban J connectivity index is 0.00000156. The molecule has 0 aliphatic carbocycles. The molecule has 4 nitrogen and oxygen atoms in total. The minimum Gasteiger partial charge on any atom is -0.497 e. The lowest BCUT2D eigenvalue weighted by molar-refractivity contribution is 0.415. The normalized spacial score (nSPS) is 13.3. The largest absolute Gasteiger partial charge is 0.497 e. The van der Waals surface area contributed by atoms with Crippen LogP contribution in [0.2, 0.25) is 0 Å². The van der Waals surface area contributed by atoms with Crippen LogP contribution in [0.3, 0.4) is 0 Å². The van der Waals surface area contributed by atoms with Gasteiger partial charge in [0, 0.05) is 23.1 Å². The number of hydrogen-bond donors (Lipinski definition) is 1. The zero-order valence-corrected chi connectivity index (χ0v) is 13.5. The Morgan fingerprint density at radius 1 is 1.09 bits per heavy atom. The molecule has 0 fully saturated rings. The van der Waals surface area contributed by atoms with Gasteiger partial charge >= 0.3 is 0 Å². The number of rotatable bonds is 3. The van der Waals surface area contributed by atoms with Gasteiger partial charge in [-0.3, -0.25) is 4.99 Å². The van der Waals surface area contributed by atoms with Gasteiger partial charge in [0.25, 0.3) is 0 Å². The molecule has 0 unspecified atom stereocenters. The lowest BCUT2D eigenvalue weighted by atomic mass is 10.0. The second-order valence-electron chi connectivity index (χ2n) is 5.22. The first-order valence-corrected chi connectivity index (χ1v) is 7.31. The van der Waals surface area contributed by atoms with E-state index in [1.807, 2.05) is 36.4 Å². The molecule has 1 aliphatic heterocycles. The van der Waals surface area contributed by atoms with E-state index in [2.05, 4.69) is 22.4 Å². The number of amidine groups is 1. The zero-order chi connectivity index (χ0) is 14.9. The molecule has 0 amide bonds. The molecule has 5 heteroatoms. The van der Waals surface area contributed by atoms with Crippen molar-refractivity contribution in [1.29, 1.82) is 0 Å². The Labute approximate surface area is 140 Å². The fourth-order valence-electron chi connectivity index (χ4n) is 2.76. The second kappa shape index (κ2) is 6.34. The fourth-order valence-corrected chi connectivity index (χ4v) is 2.76. The lowest BCUT2D eigenvalue weighted by Crippen LogP contribution is -2.20. The summed E-state index contributed by atoms with van der Waals surface area (Å²) in [6.45, 7) is 1.71. The highest BCUT2D eigenvalue weighted by molar-refractivity contribution is 6.05. The van der Waals surface area contributed by atoms with Gasteiger partial charge in [0.05, 0.1) is 13.7 Å². The Kier molecular flexibility index (Phi) is 4.26. The standard InChI is InChI=1S/C18H16N2O2.ClH/c1-21-13-6-7-16-12(10-13)11-17(22-16)14-4-2-3-5-15(14)18-19-8-9-20-18;/h2-7,10-11H,8-9H2,1H3,(H,19,20);1H. The summed E-state index contributed by atoms with van der Waals surface area (Å²) in [6, 6.07) is 16.0. The predicted octanol–water partition coefficient (Wildman–Crippen LogP) is 3.88. The van der Waals surface area contributed by atoms with Crippen molar-refractivity contribution in [3.8, 4) is 17.1 Å². The number of methoxy groups -OCH3 is 1. The molecule has 0 saturated heterocycles. The smallest absolute Gasteiger partial charge is 0.136 e.